The average Bonchev–Trinajstić information content (AvgIpc) is 2.82. The zero-order valence-corrected chi connectivity index (χ0v) is 10.2. The molecule has 2 N–H and O–H groups in total. The van der Waals surface area contributed by atoms with Gasteiger partial charge in [-0.15, -0.1) is 0 Å². The molecule has 7 heteroatoms. The molecule has 0 bridgehead atoms. The van der Waals surface area contributed by atoms with Gasteiger partial charge in [0.05, 0.1) is 6.10 Å². The quantitative estimate of drug-likeness (QED) is 0.733. The minimum absolute atomic E-state index is 0.0332. The van der Waals surface area contributed by atoms with Crippen molar-refractivity contribution in [1.82, 2.24) is 14.7 Å². The van der Waals surface area contributed by atoms with Crippen LogP contribution in [0.5, 0.6) is 0 Å². The Morgan fingerprint density at radius 1 is 1.50 bits per heavy atom. The molecule has 1 amide bonds. The van der Waals surface area contributed by atoms with E-state index in [1.54, 1.807) is 24.7 Å². The van der Waals surface area contributed by atoms with Crippen LogP contribution < -0.4 is 0 Å². The fraction of sp³-hybridized carbons (Fsp3) is 0.545. The summed E-state index contributed by atoms with van der Waals surface area (Å²) in [6, 6.07) is 0.626. The lowest BCUT2D eigenvalue weighted by Gasteiger charge is -2.19. The maximum Gasteiger partial charge on any atom is 0.326 e. The minimum Gasteiger partial charge on any atom is -0.480 e. The van der Waals surface area contributed by atoms with Crippen LogP contribution in [0.15, 0.2) is 6.07 Å². The van der Waals surface area contributed by atoms with E-state index in [1.807, 2.05) is 0 Å². The molecule has 1 aromatic rings. The average molecular weight is 253 g/mol. The highest BCUT2D eigenvalue weighted by molar-refractivity contribution is 5.95. The predicted octanol–water partition coefficient (Wildman–Crippen LogP) is -0.611. The van der Waals surface area contributed by atoms with Crippen LogP contribution in [-0.2, 0) is 11.8 Å². The molecule has 1 aromatic heterocycles. The van der Waals surface area contributed by atoms with Crippen LogP contribution in [0.1, 0.15) is 22.6 Å². The molecule has 0 aliphatic carbocycles. The number of carbonyl (C=O) groups is 2. The van der Waals surface area contributed by atoms with Gasteiger partial charge in [-0.2, -0.15) is 5.10 Å². The Kier molecular flexibility index (Phi) is 3.08. The Hall–Kier alpha value is -1.89. The van der Waals surface area contributed by atoms with Crippen LogP contribution in [0.2, 0.25) is 0 Å². The van der Waals surface area contributed by atoms with Crippen LogP contribution in [0.25, 0.3) is 0 Å². The number of carboxylic acids is 1. The van der Waals surface area contributed by atoms with Crippen LogP contribution in [0.4, 0.5) is 0 Å². The fourth-order valence-corrected chi connectivity index (χ4v) is 2.08. The molecule has 2 atom stereocenters. The first-order chi connectivity index (χ1) is 8.40. The Morgan fingerprint density at radius 2 is 2.17 bits per heavy atom. The molecule has 2 heterocycles. The van der Waals surface area contributed by atoms with E-state index >= 15 is 0 Å². The summed E-state index contributed by atoms with van der Waals surface area (Å²) in [6.45, 7) is 1.84. The van der Waals surface area contributed by atoms with E-state index < -0.39 is 24.0 Å². The van der Waals surface area contributed by atoms with Gasteiger partial charge in [-0.25, -0.2) is 4.79 Å². The molecular formula is C11H15N3O4. The fourth-order valence-electron chi connectivity index (χ4n) is 2.08. The molecule has 1 fully saturated rings. The number of rotatable bonds is 2. The van der Waals surface area contributed by atoms with Crippen molar-refractivity contribution >= 4 is 11.9 Å². The number of hydrogen-bond donors (Lipinski definition) is 2. The van der Waals surface area contributed by atoms with Crippen LogP contribution >= 0.6 is 0 Å². The van der Waals surface area contributed by atoms with Crippen molar-refractivity contribution in [3.05, 3.63) is 17.5 Å². The first kappa shape index (κ1) is 12.6. The number of aliphatic hydroxyl groups is 1. The number of carboxylic acid groups (broad SMARTS) is 1. The van der Waals surface area contributed by atoms with Gasteiger partial charge in [0, 0.05) is 25.7 Å². The Labute approximate surface area is 104 Å². The Balaban J connectivity index is 2.25. The number of likely N-dealkylation sites (tertiary alicyclic amines) is 1. The van der Waals surface area contributed by atoms with Gasteiger partial charge in [-0.05, 0) is 13.0 Å². The van der Waals surface area contributed by atoms with Gasteiger partial charge in [-0.1, -0.05) is 0 Å². The van der Waals surface area contributed by atoms with Crippen molar-refractivity contribution in [3.8, 4) is 0 Å². The number of nitrogens with zero attached hydrogens (tertiary/aromatic N) is 3. The number of carbonyl (C=O) groups excluding carboxylic acids is 1. The lowest BCUT2D eigenvalue weighted by atomic mass is 10.2. The highest BCUT2D eigenvalue weighted by atomic mass is 16.4. The molecule has 0 spiro atoms. The molecule has 0 saturated carbocycles. The highest BCUT2D eigenvalue weighted by Crippen LogP contribution is 2.20. The molecule has 0 radical (unpaired) electrons. The third kappa shape index (κ3) is 2.08. The van der Waals surface area contributed by atoms with Crippen molar-refractivity contribution in [2.45, 2.75) is 25.5 Å². The highest BCUT2D eigenvalue weighted by Gasteiger charge is 2.39. The van der Waals surface area contributed by atoms with Gasteiger partial charge in [0.25, 0.3) is 5.91 Å². The second-order valence-corrected chi connectivity index (χ2v) is 4.50. The molecule has 18 heavy (non-hydrogen) atoms. The van der Waals surface area contributed by atoms with E-state index in [-0.39, 0.29) is 18.7 Å². The molecule has 2 rings (SSSR count). The van der Waals surface area contributed by atoms with E-state index in [0.29, 0.717) is 0 Å². The lowest BCUT2D eigenvalue weighted by Crippen LogP contribution is -2.40. The molecule has 0 aromatic carbocycles. The summed E-state index contributed by atoms with van der Waals surface area (Å²) in [5, 5.41) is 22.5. The number of amides is 1. The lowest BCUT2D eigenvalue weighted by molar-refractivity contribution is -0.141. The van der Waals surface area contributed by atoms with Crippen LogP contribution in [0.3, 0.4) is 0 Å². The van der Waals surface area contributed by atoms with Gasteiger partial charge in [0.2, 0.25) is 0 Å². The number of β-amino-alcohol motifs (C(OH)–C–C–N with tert-alkyl or cyclic N) is 1. The third-order valence-corrected chi connectivity index (χ3v) is 3.16. The van der Waals surface area contributed by atoms with Gasteiger partial charge >= 0.3 is 5.97 Å². The third-order valence-electron chi connectivity index (χ3n) is 3.16. The zero-order chi connectivity index (χ0) is 13.4. The monoisotopic (exact) mass is 253 g/mol. The minimum atomic E-state index is -1.10. The predicted molar refractivity (Wildman–Crippen MR) is 61.0 cm³/mol. The van der Waals surface area contributed by atoms with E-state index in [2.05, 4.69) is 5.10 Å². The maximum absolute atomic E-state index is 12.1. The first-order valence-electron chi connectivity index (χ1n) is 5.62. The van der Waals surface area contributed by atoms with Crippen LogP contribution in [0, 0.1) is 6.92 Å². The van der Waals surface area contributed by atoms with E-state index in [4.69, 9.17) is 5.11 Å². The van der Waals surface area contributed by atoms with Crippen molar-refractivity contribution in [2.24, 2.45) is 7.05 Å². The van der Waals surface area contributed by atoms with Crippen molar-refractivity contribution in [2.75, 3.05) is 6.54 Å². The maximum atomic E-state index is 12.1. The normalized spacial score (nSPS) is 23.4. The largest absolute Gasteiger partial charge is 0.480 e. The van der Waals surface area contributed by atoms with E-state index in [9.17, 15) is 14.7 Å². The molecule has 1 saturated heterocycles. The van der Waals surface area contributed by atoms with Crippen molar-refractivity contribution in [3.63, 3.8) is 0 Å². The van der Waals surface area contributed by atoms with E-state index in [0.717, 1.165) is 10.6 Å². The van der Waals surface area contributed by atoms with Gasteiger partial charge < -0.3 is 15.1 Å². The van der Waals surface area contributed by atoms with Crippen molar-refractivity contribution in [1.29, 1.82) is 0 Å². The van der Waals surface area contributed by atoms with E-state index in [1.165, 1.54) is 0 Å². The summed E-state index contributed by atoms with van der Waals surface area (Å²) in [7, 11) is 1.71. The van der Waals surface area contributed by atoms with Gasteiger partial charge in [0.15, 0.2) is 5.69 Å². The Bertz CT molecular complexity index is 477. The number of aliphatic carboxylic acids is 1. The summed E-state index contributed by atoms with van der Waals surface area (Å²) >= 11 is 0. The SMILES string of the molecule is Cc1cc(C(=O)N2CC(O)C[C@H]2C(=O)O)nn1C. The zero-order valence-electron chi connectivity index (χ0n) is 10.2. The molecule has 98 valence electrons. The second kappa shape index (κ2) is 4.41. The number of aryl methyl sites for hydroxylation is 2. The topological polar surface area (TPSA) is 95.7 Å². The van der Waals surface area contributed by atoms with Gasteiger partial charge in [-0.3, -0.25) is 9.48 Å². The number of aromatic nitrogens is 2. The smallest absolute Gasteiger partial charge is 0.326 e. The summed E-state index contributed by atoms with van der Waals surface area (Å²) in [6.07, 6.45) is -0.729. The summed E-state index contributed by atoms with van der Waals surface area (Å²) in [5.74, 6) is -1.56. The molecular weight excluding hydrogens is 238 g/mol. The summed E-state index contributed by atoms with van der Waals surface area (Å²) in [4.78, 5) is 24.3. The molecule has 1 unspecified atom stereocenters. The number of aliphatic hydroxyl groups excluding tert-OH is 1. The van der Waals surface area contributed by atoms with Crippen molar-refractivity contribution < 1.29 is 19.8 Å². The van der Waals surface area contributed by atoms with Crippen LogP contribution in [-0.4, -0.2) is 55.5 Å². The number of hydrogen-bond acceptors (Lipinski definition) is 4. The molecule has 1 aliphatic rings. The Morgan fingerprint density at radius 3 is 2.67 bits per heavy atom. The first-order valence-corrected chi connectivity index (χ1v) is 5.62. The molecule has 7 nitrogen and oxygen atoms in total. The summed E-state index contributed by atoms with van der Waals surface area (Å²) < 4.78 is 1.55. The molecule has 1 aliphatic heterocycles. The second-order valence-electron chi connectivity index (χ2n) is 4.50. The van der Waals surface area contributed by atoms with Gasteiger partial charge in [0.1, 0.15) is 6.04 Å². The summed E-state index contributed by atoms with van der Waals surface area (Å²) in [5.41, 5.74) is 1.01. The standard InChI is InChI=1S/C11H15N3O4/c1-6-3-8(12-13(6)2)10(16)14-5-7(15)4-9(14)11(17)18/h3,7,9,15H,4-5H2,1-2H3,(H,17,18)/t7?,9-/m0/s1.